The minimum Gasteiger partial charge on any atom is -0.338 e. The van der Waals surface area contributed by atoms with Crippen LogP contribution in [0.2, 0.25) is 0 Å². The third-order valence-electron chi connectivity index (χ3n) is 3.66. The molecule has 2 aromatic carbocycles. The average Bonchev–Trinajstić information content (AvgIpc) is 2.85. The molecule has 1 aromatic heterocycles. The molecular weight excluding hydrogens is 278 g/mol. The van der Waals surface area contributed by atoms with Crippen molar-refractivity contribution in [3.8, 4) is 0 Å². The molecule has 0 bridgehead atoms. The summed E-state index contributed by atoms with van der Waals surface area (Å²) in [4.78, 5) is 11.2. The monoisotopic (exact) mass is 292 g/mol. The van der Waals surface area contributed by atoms with Gasteiger partial charge in [0.25, 0.3) is 6.33 Å². The summed E-state index contributed by atoms with van der Waals surface area (Å²) >= 11 is 1.78. The molecule has 1 aliphatic rings. The molecular formula is C17H14N3S+. The zero-order chi connectivity index (χ0) is 14.2. The summed E-state index contributed by atoms with van der Waals surface area (Å²) in [6.45, 7) is 0. The lowest BCUT2D eigenvalue weighted by molar-refractivity contribution is -0.349. The number of aromatic amines is 1. The van der Waals surface area contributed by atoms with Crippen molar-refractivity contribution in [2.45, 2.75) is 4.90 Å². The number of nitrogens with zero attached hydrogens (tertiary/aromatic N) is 2. The van der Waals surface area contributed by atoms with Crippen molar-refractivity contribution in [1.82, 2.24) is 4.98 Å². The Balaban J connectivity index is 1.82. The number of fused-ring (bicyclic) bond motifs is 2. The maximum atomic E-state index is 4.50. The van der Waals surface area contributed by atoms with Gasteiger partial charge in [0.15, 0.2) is 5.69 Å². The number of H-pyrrole nitrogens is 1. The van der Waals surface area contributed by atoms with Gasteiger partial charge in [0.1, 0.15) is 5.52 Å². The van der Waals surface area contributed by atoms with Gasteiger partial charge in [-0.3, -0.25) is 0 Å². The van der Waals surface area contributed by atoms with Crippen LogP contribution in [0.1, 0.15) is 5.69 Å². The van der Waals surface area contributed by atoms with Gasteiger partial charge >= 0.3 is 0 Å². The van der Waals surface area contributed by atoms with E-state index in [2.05, 4.69) is 64.4 Å². The first-order chi connectivity index (χ1) is 10.3. The molecule has 0 fully saturated rings. The van der Waals surface area contributed by atoms with Crippen molar-refractivity contribution in [3.63, 3.8) is 0 Å². The molecule has 4 rings (SSSR count). The van der Waals surface area contributed by atoms with E-state index in [9.17, 15) is 0 Å². The van der Waals surface area contributed by atoms with Crippen LogP contribution >= 0.6 is 11.8 Å². The summed E-state index contributed by atoms with van der Waals surface area (Å²) in [5, 5.41) is 2.33. The highest BCUT2D eigenvalue weighted by Crippen LogP contribution is 2.45. The van der Waals surface area contributed by atoms with E-state index in [4.69, 9.17) is 0 Å². The fourth-order valence-corrected chi connectivity index (χ4v) is 3.64. The van der Waals surface area contributed by atoms with Crippen LogP contribution in [0.4, 0.5) is 5.69 Å². The fourth-order valence-electron chi connectivity index (χ4n) is 2.55. The zero-order valence-electron chi connectivity index (χ0n) is 11.6. The van der Waals surface area contributed by atoms with Crippen LogP contribution in [0, 0.1) is 0 Å². The summed E-state index contributed by atoms with van der Waals surface area (Å²) in [5.74, 6) is 0. The second-order valence-electron chi connectivity index (χ2n) is 4.94. The summed E-state index contributed by atoms with van der Waals surface area (Å²) in [6, 6.07) is 16.7. The van der Waals surface area contributed by atoms with Crippen molar-refractivity contribution >= 4 is 34.4 Å². The van der Waals surface area contributed by atoms with E-state index < -0.39 is 0 Å². The summed E-state index contributed by atoms with van der Waals surface area (Å²) in [7, 11) is 2.10. The van der Waals surface area contributed by atoms with Crippen LogP contribution in [-0.2, 0) is 0 Å². The minimum absolute atomic E-state index is 0.992. The minimum atomic E-state index is 0.992. The zero-order valence-corrected chi connectivity index (χ0v) is 12.4. The number of thioether (sulfide) groups is 1. The fraction of sp³-hybridized carbons (Fsp3) is 0.0588. The summed E-state index contributed by atoms with van der Waals surface area (Å²) in [6.07, 6.45) is 3.91. The average molecular weight is 292 g/mol. The van der Waals surface area contributed by atoms with E-state index in [-0.39, 0.29) is 0 Å². The van der Waals surface area contributed by atoms with Gasteiger partial charge in [0, 0.05) is 18.0 Å². The molecule has 3 aromatic rings. The van der Waals surface area contributed by atoms with E-state index >= 15 is 0 Å². The number of rotatable bonds is 1. The van der Waals surface area contributed by atoms with Crippen molar-refractivity contribution in [1.29, 1.82) is 0 Å². The van der Waals surface area contributed by atoms with E-state index in [1.54, 1.807) is 18.1 Å². The second-order valence-corrected chi connectivity index (χ2v) is 6.01. The van der Waals surface area contributed by atoms with Crippen LogP contribution < -0.4 is 9.88 Å². The topological polar surface area (TPSA) is 30.3 Å². The molecule has 1 aliphatic heterocycles. The molecule has 2 heterocycles. The van der Waals surface area contributed by atoms with E-state index in [0.717, 1.165) is 16.6 Å². The maximum Gasteiger partial charge on any atom is 0.285 e. The van der Waals surface area contributed by atoms with Crippen molar-refractivity contribution < 1.29 is 4.98 Å². The third-order valence-corrected chi connectivity index (χ3v) is 4.82. The second kappa shape index (κ2) is 4.90. The Hall–Kier alpha value is -2.33. The van der Waals surface area contributed by atoms with Crippen LogP contribution in [0.15, 0.2) is 64.8 Å². The van der Waals surface area contributed by atoms with Gasteiger partial charge in [-0.25, -0.2) is 4.98 Å². The molecule has 1 N–H and O–H groups in total. The molecule has 0 atom stereocenters. The molecule has 0 unspecified atom stereocenters. The Morgan fingerprint density at radius 3 is 2.81 bits per heavy atom. The quantitative estimate of drug-likeness (QED) is 0.686. The maximum absolute atomic E-state index is 4.50. The predicted octanol–water partition coefficient (Wildman–Crippen LogP) is 3.59. The SMILES string of the molecule is CN1C(=Cc2nc[nH+]c3ccccc23)Sc2ccccc21. The Morgan fingerprint density at radius 2 is 1.90 bits per heavy atom. The van der Waals surface area contributed by atoms with E-state index in [0.29, 0.717) is 0 Å². The Kier molecular flexibility index (Phi) is 2.89. The molecule has 0 spiro atoms. The van der Waals surface area contributed by atoms with Crippen molar-refractivity contribution in [2.75, 3.05) is 11.9 Å². The number of aromatic nitrogens is 2. The van der Waals surface area contributed by atoms with Gasteiger partial charge in [-0.2, -0.15) is 0 Å². The molecule has 0 aliphatic carbocycles. The first-order valence-electron chi connectivity index (χ1n) is 6.81. The van der Waals surface area contributed by atoms with Crippen LogP contribution in [-0.4, -0.2) is 12.0 Å². The van der Waals surface area contributed by atoms with Gasteiger partial charge in [-0.05, 0) is 29.2 Å². The number of hydrogen-bond donors (Lipinski definition) is 0. The van der Waals surface area contributed by atoms with Gasteiger partial charge in [-0.15, -0.1) is 0 Å². The lowest BCUT2D eigenvalue weighted by atomic mass is 10.2. The Labute approximate surface area is 127 Å². The highest BCUT2D eigenvalue weighted by molar-refractivity contribution is 8.03. The highest BCUT2D eigenvalue weighted by atomic mass is 32.2. The summed E-state index contributed by atoms with van der Waals surface area (Å²) < 4.78 is 0. The summed E-state index contributed by atoms with van der Waals surface area (Å²) in [5.41, 5.74) is 3.34. The molecule has 4 heteroatoms. The number of anilines is 1. The van der Waals surface area contributed by atoms with Crippen molar-refractivity contribution in [2.24, 2.45) is 0 Å². The Morgan fingerprint density at radius 1 is 1.10 bits per heavy atom. The molecule has 3 nitrogen and oxygen atoms in total. The van der Waals surface area contributed by atoms with E-state index in [1.807, 2.05) is 12.1 Å². The lowest BCUT2D eigenvalue weighted by Gasteiger charge is -2.12. The third kappa shape index (κ3) is 2.08. The highest BCUT2D eigenvalue weighted by Gasteiger charge is 2.22. The number of hydrogen-bond acceptors (Lipinski definition) is 3. The van der Waals surface area contributed by atoms with Crippen LogP contribution in [0.25, 0.3) is 17.0 Å². The first kappa shape index (κ1) is 12.4. The Bertz CT molecular complexity index is 852. The first-order valence-corrected chi connectivity index (χ1v) is 7.62. The molecule has 0 radical (unpaired) electrons. The molecule has 0 saturated carbocycles. The van der Waals surface area contributed by atoms with E-state index in [1.165, 1.54) is 15.6 Å². The lowest BCUT2D eigenvalue weighted by Crippen LogP contribution is -2.10. The van der Waals surface area contributed by atoms with Gasteiger partial charge in [0.2, 0.25) is 0 Å². The largest absolute Gasteiger partial charge is 0.338 e. The van der Waals surface area contributed by atoms with Gasteiger partial charge in [-0.1, -0.05) is 36.0 Å². The number of benzene rings is 2. The standard InChI is InChI=1S/C17H13N3S/c1-20-15-8-4-5-9-16(15)21-17(20)10-14-12-6-2-3-7-13(12)18-11-19-14/h2-11H,1H3/p+1. The van der Waals surface area contributed by atoms with Crippen molar-refractivity contribution in [3.05, 3.63) is 65.6 Å². The molecule has 102 valence electrons. The number of nitrogens with one attached hydrogen (secondary N) is 1. The molecule has 21 heavy (non-hydrogen) atoms. The molecule has 0 saturated heterocycles. The van der Waals surface area contributed by atoms with Gasteiger partial charge < -0.3 is 4.90 Å². The smallest absolute Gasteiger partial charge is 0.285 e. The normalized spacial score (nSPS) is 15.7. The predicted molar refractivity (Wildman–Crippen MR) is 87.0 cm³/mol. The number of para-hydroxylation sites is 2. The molecule has 0 amide bonds. The van der Waals surface area contributed by atoms with Crippen LogP contribution in [0.3, 0.4) is 0 Å². The van der Waals surface area contributed by atoms with Crippen LogP contribution in [0.5, 0.6) is 0 Å². The van der Waals surface area contributed by atoms with Gasteiger partial charge in [0.05, 0.1) is 16.1 Å².